The zero-order valence-corrected chi connectivity index (χ0v) is 15.4. The van der Waals surface area contributed by atoms with Crippen LogP contribution in [0.5, 0.6) is 0 Å². The van der Waals surface area contributed by atoms with Crippen LogP contribution in [0.2, 0.25) is 0 Å². The molecule has 1 unspecified atom stereocenters. The molecule has 0 fully saturated rings. The van der Waals surface area contributed by atoms with Crippen molar-refractivity contribution in [3.63, 3.8) is 0 Å². The van der Waals surface area contributed by atoms with Gasteiger partial charge in [0.2, 0.25) is 5.78 Å². The second-order valence-corrected chi connectivity index (χ2v) is 9.20. The van der Waals surface area contributed by atoms with Crippen LogP contribution in [0.15, 0.2) is 24.3 Å². The number of Topliss-reactive ketones (excluding diaryl/α,β-unsaturated/α-hetero) is 1. The Bertz CT molecular complexity index is 684. The third-order valence-electron chi connectivity index (χ3n) is 3.73. The summed E-state index contributed by atoms with van der Waals surface area (Å²) in [6, 6.07) is 6.38. The van der Waals surface area contributed by atoms with Gasteiger partial charge in [0.25, 0.3) is 5.91 Å². The van der Waals surface area contributed by atoms with Crippen LogP contribution in [0.1, 0.15) is 43.6 Å². The van der Waals surface area contributed by atoms with Gasteiger partial charge in [-0.05, 0) is 17.9 Å². The average molecular weight is 339 g/mol. The second kappa shape index (κ2) is 6.83. The molecule has 0 heterocycles. The summed E-state index contributed by atoms with van der Waals surface area (Å²) in [6.45, 7) is 7.80. The standard InChI is InChI=1S/C17H25NO4S/c1-12(11-23(6,21)22)18(5)16(20)15(19)13-7-9-14(10-8-13)17(2,3)4/h7-10,12H,11H2,1-6H3. The maximum atomic E-state index is 12.3. The Kier molecular flexibility index (Phi) is 5.74. The highest BCUT2D eigenvalue weighted by Gasteiger charge is 2.26. The molecule has 0 aromatic heterocycles. The van der Waals surface area contributed by atoms with E-state index in [-0.39, 0.29) is 11.2 Å². The maximum Gasteiger partial charge on any atom is 0.294 e. The van der Waals surface area contributed by atoms with Crippen molar-refractivity contribution in [2.24, 2.45) is 0 Å². The Hall–Kier alpha value is -1.69. The second-order valence-electron chi connectivity index (χ2n) is 7.01. The number of carbonyl (C=O) groups excluding carboxylic acids is 2. The Morgan fingerprint density at radius 3 is 2.00 bits per heavy atom. The number of nitrogens with zero attached hydrogens (tertiary/aromatic N) is 1. The number of likely N-dealkylation sites (N-methyl/N-ethyl adjacent to an activating group) is 1. The molecule has 1 atom stereocenters. The summed E-state index contributed by atoms with van der Waals surface area (Å²) < 4.78 is 22.6. The van der Waals surface area contributed by atoms with Crippen LogP contribution in [-0.4, -0.2) is 50.1 Å². The van der Waals surface area contributed by atoms with E-state index >= 15 is 0 Å². The molecule has 0 radical (unpaired) electrons. The summed E-state index contributed by atoms with van der Waals surface area (Å²) in [5.74, 6) is -1.51. The Morgan fingerprint density at radius 1 is 1.13 bits per heavy atom. The van der Waals surface area contributed by atoms with Gasteiger partial charge in [-0.2, -0.15) is 0 Å². The molecule has 0 N–H and O–H groups in total. The van der Waals surface area contributed by atoms with E-state index in [1.54, 1.807) is 19.1 Å². The van der Waals surface area contributed by atoms with Crippen LogP contribution in [-0.2, 0) is 20.0 Å². The van der Waals surface area contributed by atoms with Gasteiger partial charge in [0.1, 0.15) is 9.84 Å². The fraction of sp³-hybridized carbons (Fsp3) is 0.529. The molecule has 1 rings (SSSR count). The predicted octanol–water partition coefficient (Wildman–Crippen LogP) is 2.06. The van der Waals surface area contributed by atoms with Gasteiger partial charge in [-0.1, -0.05) is 45.0 Å². The Morgan fingerprint density at radius 2 is 1.61 bits per heavy atom. The lowest BCUT2D eigenvalue weighted by atomic mass is 9.86. The van der Waals surface area contributed by atoms with Gasteiger partial charge < -0.3 is 4.90 Å². The van der Waals surface area contributed by atoms with Gasteiger partial charge in [0.05, 0.1) is 5.75 Å². The molecular weight excluding hydrogens is 314 g/mol. The highest BCUT2D eigenvalue weighted by molar-refractivity contribution is 7.90. The summed E-state index contributed by atoms with van der Waals surface area (Å²) in [5.41, 5.74) is 1.34. The number of benzene rings is 1. The lowest BCUT2D eigenvalue weighted by Crippen LogP contribution is -2.42. The molecule has 0 bridgehead atoms. The van der Waals surface area contributed by atoms with E-state index in [1.165, 1.54) is 11.9 Å². The van der Waals surface area contributed by atoms with E-state index < -0.39 is 27.6 Å². The molecule has 0 saturated carbocycles. The van der Waals surface area contributed by atoms with Crippen LogP contribution in [0.4, 0.5) is 0 Å². The molecule has 0 aliphatic carbocycles. The summed E-state index contributed by atoms with van der Waals surface area (Å²) in [6.07, 6.45) is 1.11. The normalized spacial score (nSPS) is 13.5. The Balaban J connectivity index is 2.90. The number of hydrogen-bond donors (Lipinski definition) is 0. The molecule has 1 amide bonds. The van der Waals surface area contributed by atoms with Gasteiger partial charge in [0, 0.05) is 24.9 Å². The van der Waals surface area contributed by atoms with E-state index in [4.69, 9.17) is 0 Å². The summed E-state index contributed by atoms with van der Waals surface area (Å²) in [7, 11) is -1.78. The first-order chi connectivity index (χ1) is 10.3. The first kappa shape index (κ1) is 19.4. The van der Waals surface area contributed by atoms with Crippen molar-refractivity contribution in [1.29, 1.82) is 0 Å². The van der Waals surface area contributed by atoms with Crippen LogP contribution < -0.4 is 0 Å². The number of hydrogen-bond acceptors (Lipinski definition) is 4. The molecule has 128 valence electrons. The van der Waals surface area contributed by atoms with E-state index in [2.05, 4.69) is 20.8 Å². The fourth-order valence-corrected chi connectivity index (χ4v) is 3.26. The maximum absolute atomic E-state index is 12.3. The summed E-state index contributed by atoms with van der Waals surface area (Å²) in [4.78, 5) is 25.7. The van der Waals surface area contributed by atoms with Crippen molar-refractivity contribution in [1.82, 2.24) is 4.90 Å². The lowest BCUT2D eigenvalue weighted by molar-refractivity contribution is -0.126. The number of carbonyl (C=O) groups is 2. The summed E-state index contributed by atoms with van der Waals surface area (Å²) >= 11 is 0. The van der Waals surface area contributed by atoms with Gasteiger partial charge in [-0.15, -0.1) is 0 Å². The van der Waals surface area contributed by atoms with Crippen molar-refractivity contribution in [2.75, 3.05) is 19.1 Å². The third-order valence-corrected chi connectivity index (χ3v) is 4.82. The van der Waals surface area contributed by atoms with Crippen molar-refractivity contribution >= 4 is 21.5 Å². The molecule has 0 saturated heterocycles. The van der Waals surface area contributed by atoms with Gasteiger partial charge >= 0.3 is 0 Å². The lowest BCUT2D eigenvalue weighted by Gasteiger charge is -2.23. The zero-order valence-electron chi connectivity index (χ0n) is 14.6. The number of amides is 1. The first-order valence-electron chi connectivity index (χ1n) is 7.42. The van der Waals surface area contributed by atoms with E-state index in [1.807, 2.05) is 12.1 Å². The molecule has 1 aromatic carbocycles. The van der Waals surface area contributed by atoms with E-state index in [0.29, 0.717) is 5.56 Å². The topological polar surface area (TPSA) is 71.5 Å². The molecule has 5 nitrogen and oxygen atoms in total. The zero-order chi connectivity index (χ0) is 18.0. The van der Waals surface area contributed by atoms with E-state index in [0.717, 1.165) is 11.8 Å². The van der Waals surface area contributed by atoms with Crippen LogP contribution in [0, 0.1) is 0 Å². The quantitative estimate of drug-likeness (QED) is 0.608. The van der Waals surface area contributed by atoms with Crippen molar-refractivity contribution in [3.05, 3.63) is 35.4 Å². The van der Waals surface area contributed by atoms with Crippen LogP contribution >= 0.6 is 0 Å². The highest BCUT2D eigenvalue weighted by atomic mass is 32.2. The molecule has 0 aliphatic rings. The van der Waals surface area contributed by atoms with Crippen molar-refractivity contribution < 1.29 is 18.0 Å². The predicted molar refractivity (Wildman–Crippen MR) is 91.4 cm³/mol. The minimum atomic E-state index is -3.22. The monoisotopic (exact) mass is 339 g/mol. The number of sulfone groups is 1. The molecule has 1 aromatic rings. The summed E-state index contributed by atoms with van der Waals surface area (Å²) in [5, 5.41) is 0. The minimum absolute atomic E-state index is 0.0353. The Labute approximate surface area is 138 Å². The average Bonchev–Trinajstić information content (AvgIpc) is 2.42. The first-order valence-corrected chi connectivity index (χ1v) is 9.49. The van der Waals surface area contributed by atoms with Gasteiger partial charge in [-0.3, -0.25) is 9.59 Å². The molecule has 6 heteroatoms. The minimum Gasteiger partial charge on any atom is -0.335 e. The number of ketones is 1. The largest absolute Gasteiger partial charge is 0.335 e. The van der Waals surface area contributed by atoms with Crippen molar-refractivity contribution in [3.8, 4) is 0 Å². The molecular formula is C17H25NO4S. The van der Waals surface area contributed by atoms with Crippen molar-refractivity contribution in [2.45, 2.75) is 39.2 Å². The third kappa shape index (κ3) is 5.46. The van der Waals surface area contributed by atoms with Crippen LogP contribution in [0.3, 0.4) is 0 Å². The van der Waals surface area contributed by atoms with Gasteiger partial charge in [-0.25, -0.2) is 8.42 Å². The van der Waals surface area contributed by atoms with E-state index in [9.17, 15) is 18.0 Å². The molecule has 0 spiro atoms. The SMILES string of the molecule is CC(CS(C)(=O)=O)N(C)C(=O)C(=O)c1ccc(C(C)(C)C)cc1. The van der Waals surface area contributed by atoms with Crippen LogP contribution in [0.25, 0.3) is 0 Å². The number of rotatable bonds is 5. The highest BCUT2D eigenvalue weighted by Crippen LogP contribution is 2.22. The van der Waals surface area contributed by atoms with Gasteiger partial charge in [0.15, 0.2) is 0 Å². The smallest absolute Gasteiger partial charge is 0.294 e. The fourth-order valence-electron chi connectivity index (χ4n) is 2.16. The molecule has 23 heavy (non-hydrogen) atoms. The molecule has 0 aliphatic heterocycles.